The molecule has 2 aromatic heterocycles. The van der Waals surface area contributed by atoms with Crippen molar-refractivity contribution in [3.8, 4) is 11.5 Å². The van der Waals surface area contributed by atoms with E-state index in [0.717, 1.165) is 21.3 Å². The van der Waals surface area contributed by atoms with E-state index in [9.17, 15) is 0 Å². The zero-order valence-electron chi connectivity index (χ0n) is 10.5. The van der Waals surface area contributed by atoms with Crippen LogP contribution in [0.5, 0.6) is 0 Å². The second kappa shape index (κ2) is 4.89. The van der Waals surface area contributed by atoms with Crippen LogP contribution in [0.1, 0.15) is 31.1 Å². The fourth-order valence-electron chi connectivity index (χ4n) is 3.16. The maximum atomic E-state index is 5.47. The third-order valence-corrected chi connectivity index (χ3v) is 5.12. The van der Waals surface area contributed by atoms with Gasteiger partial charge >= 0.3 is 0 Å². The van der Waals surface area contributed by atoms with E-state index >= 15 is 0 Å². The molecule has 2 aromatic rings. The first-order chi connectivity index (χ1) is 9.70. The van der Waals surface area contributed by atoms with Gasteiger partial charge in [0, 0.05) is 27.2 Å². The number of halogens is 2. The van der Waals surface area contributed by atoms with Crippen LogP contribution in [-0.2, 0) is 0 Å². The quantitative estimate of drug-likeness (QED) is 0.839. The molecule has 4 heterocycles. The summed E-state index contributed by atoms with van der Waals surface area (Å²) in [5, 5.41) is 7.67. The molecule has 0 spiro atoms. The van der Waals surface area contributed by atoms with Crippen LogP contribution in [0.2, 0.25) is 0 Å². The minimum Gasteiger partial charge on any atom is -0.339 e. The van der Waals surface area contributed by atoms with Gasteiger partial charge in [-0.15, -0.1) is 0 Å². The van der Waals surface area contributed by atoms with Gasteiger partial charge in [0.15, 0.2) is 0 Å². The van der Waals surface area contributed by atoms with Crippen molar-refractivity contribution in [2.45, 2.75) is 37.3 Å². The topological polar surface area (TPSA) is 63.8 Å². The van der Waals surface area contributed by atoms with E-state index in [-0.39, 0.29) is 0 Å². The minimum atomic E-state index is 0.351. The van der Waals surface area contributed by atoms with Gasteiger partial charge in [0.05, 0.1) is 5.92 Å². The number of nitrogens with one attached hydrogen (secondary N) is 1. The Morgan fingerprint density at radius 2 is 2.20 bits per heavy atom. The summed E-state index contributed by atoms with van der Waals surface area (Å²) in [7, 11) is 0. The average molecular weight is 400 g/mol. The molecule has 2 aliphatic rings. The van der Waals surface area contributed by atoms with Gasteiger partial charge in [-0.25, -0.2) is 0 Å². The van der Waals surface area contributed by atoms with Gasteiger partial charge in [-0.1, -0.05) is 5.16 Å². The molecule has 1 N–H and O–H groups in total. The molecule has 2 saturated heterocycles. The van der Waals surface area contributed by atoms with Crippen LogP contribution >= 0.6 is 31.9 Å². The zero-order chi connectivity index (χ0) is 13.7. The number of nitrogens with zero attached hydrogens (tertiary/aromatic N) is 3. The Bertz CT molecular complexity index is 660. The average Bonchev–Trinajstić information content (AvgIpc) is 3.14. The van der Waals surface area contributed by atoms with Crippen LogP contribution in [0.4, 0.5) is 0 Å². The van der Waals surface area contributed by atoms with Crippen molar-refractivity contribution in [1.82, 2.24) is 20.4 Å². The molecule has 5 nitrogen and oxygen atoms in total. The van der Waals surface area contributed by atoms with Crippen molar-refractivity contribution >= 4 is 31.9 Å². The number of fused-ring (bicyclic) bond motifs is 2. The van der Waals surface area contributed by atoms with Crippen LogP contribution < -0.4 is 5.32 Å². The lowest BCUT2D eigenvalue weighted by Gasteiger charge is -2.15. The first-order valence-corrected chi connectivity index (χ1v) is 8.20. The van der Waals surface area contributed by atoms with Crippen molar-refractivity contribution in [3.05, 3.63) is 27.1 Å². The Balaban J connectivity index is 1.65. The summed E-state index contributed by atoms with van der Waals surface area (Å²) >= 11 is 6.87. The number of aromatic nitrogens is 3. The summed E-state index contributed by atoms with van der Waals surface area (Å²) in [6.45, 7) is 0. The lowest BCUT2D eigenvalue weighted by molar-refractivity contribution is 0.329. The predicted octanol–water partition coefficient (Wildman–Crippen LogP) is 3.26. The summed E-state index contributed by atoms with van der Waals surface area (Å²) in [5.74, 6) is 1.63. The number of rotatable bonds is 2. The molecule has 2 bridgehead atoms. The largest absolute Gasteiger partial charge is 0.339 e. The maximum Gasteiger partial charge on any atom is 0.231 e. The van der Waals surface area contributed by atoms with Crippen LogP contribution in [0.25, 0.3) is 11.5 Å². The normalized spacial score (nSPS) is 28.2. The molecule has 20 heavy (non-hydrogen) atoms. The minimum absolute atomic E-state index is 0.351. The highest BCUT2D eigenvalue weighted by Crippen LogP contribution is 2.39. The van der Waals surface area contributed by atoms with E-state index in [1.165, 1.54) is 12.8 Å². The summed E-state index contributed by atoms with van der Waals surface area (Å²) in [6.07, 6.45) is 5.30. The van der Waals surface area contributed by atoms with Gasteiger partial charge in [-0.05, 0) is 57.2 Å². The van der Waals surface area contributed by atoms with Gasteiger partial charge in [0.2, 0.25) is 11.7 Å². The van der Waals surface area contributed by atoms with Crippen LogP contribution in [0, 0.1) is 0 Å². The molecule has 3 atom stereocenters. The SMILES string of the molecule is Brc1cnc(-c2noc(C3CC4CCC3N4)n2)c(Br)c1. The molecule has 2 fully saturated rings. The van der Waals surface area contributed by atoms with Crippen LogP contribution in [-0.4, -0.2) is 27.2 Å². The molecular formula is C13H12Br2N4O. The molecule has 4 rings (SSSR count). The monoisotopic (exact) mass is 398 g/mol. The predicted molar refractivity (Wildman–Crippen MR) is 80.2 cm³/mol. The molecule has 104 valence electrons. The molecule has 2 aliphatic heterocycles. The summed E-state index contributed by atoms with van der Waals surface area (Å²) in [4.78, 5) is 8.89. The van der Waals surface area contributed by atoms with Crippen molar-refractivity contribution < 1.29 is 4.52 Å². The third-order valence-electron chi connectivity index (χ3n) is 4.08. The highest BCUT2D eigenvalue weighted by Gasteiger charge is 2.42. The summed E-state index contributed by atoms with van der Waals surface area (Å²) < 4.78 is 7.23. The van der Waals surface area contributed by atoms with E-state index < -0.39 is 0 Å². The Morgan fingerprint density at radius 1 is 1.30 bits per heavy atom. The molecule has 0 saturated carbocycles. The lowest BCUT2D eigenvalue weighted by atomic mass is 9.89. The Hall–Kier alpha value is -0.790. The molecule has 0 amide bonds. The first-order valence-electron chi connectivity index (χ1n) is 6.62. The summed E-state index contributed by atoms with van der Waals surface area (Å²) in [5.41, 5.74) is 0.708. The second-order valence-electron chi connectivity index (χ2n) is 5.33. The highest BCUT2D eigenvalue weighted by atomic mass is 79.9. The Kier molecular flexibility index (Phi) is 3.16. The second-order valence-corrected chi connectivity index (χ2v) is 7.10. The third kappa shape index (κ3) is 2.12. The highest BCUT2D eigenvalue weighted by molar-refractivity contribution is 9.11. The Morgan fingerprint density at radius 3 is 2.90 bits per heavy atom. The van der Waals surface area contributed by atoms with Crippen molar-refractivity contribution in [2.24, 2.45) is 0 Å². The van der Waals surface area contributed by atoms with E-state index in [2.05, 4.69) is 52.3 Å². The molecule has 0 aliphatic carbocycles. The number of hydrogen-bond donors (Lipinski definition) is 1. The van der Waals surface area contributed by atoms with E-state index in [4.69, 9.17) is 4.52 Å². The van der Waals surface area contributed by atoms with Crippen molar-refractivity contribution in [2.75, 3.05) is 0 Å². The Labute approximate surface area is 132 Å². The molecule has 0 radical (unpaired) electrons. The van der Waals surface area contributed by atoms with Crippen molar-refractivity contribution in [1.29, 1.82) is 0 Å². The van der Waals surface area contributed by atoms with Gasteiger partial charge in [-0.2, -0.15) is 4.98 Å². The number of hydrogen-bond acceptors (Lipinski definition) is 5. The standard InChI is InChI=1S/C13H12Br2N4O/c14-6-3-9(15)11(16-5-6)12-18-13(20-19-12)8-4-7-1-2-10(8)17-7/h3,5,7-8,10,17H,1-2,4H2. The summed E-state index contributed by atoms with van der Waals surface area (Å²) in [6, 6.07) is 3.05. The lowest BCUT2D eigenvalue weighted by Crippen LogP contribution is -2.21. The van der Waals surface area contributed by atoms with Crippen LogP contribution in [0.3, 0.4) is 0 Å². The van der Waals surface area contributed by atoms with Gasteiger partial charge in [0.25, 0.3) is 0 Å². The van der Waals surface area contributed by atoms with Gasteiger partial charge in [-0.3, -0.25) is 4.98 Å². The molecule has 0 aromatic carbocycles. The maximum absolute atomic E-state index is 5.47. The fourth-order valence-corrected chi connectivity index (χ4v) is 4.32. The first kappa shape index (κ1) is 12.9. The van der Waals surface area contributed by atoms with Crippen molar-refractivity contribution in [3.63, 3.8) is 0 Å². The van der Waals surface area contributed by atoms with E-state index in [1.54, 1.807) is 6.20 Å². The smallest absolute Gasteiger partial charge is 0.231 e. The molecular weight excluding hydrogens is 388 g/mol. The fraction of sp³-hybridized carbons (Fsp3) is 0.462. The van der Waals surface area contributed by atoms with Gasteiger partial charge < -0.3 is 9.84 Å². The molecule has 7 heteroatoms. The number of pyridine rings is 1. The molecule has 3 unspecified atom stereocenters. The van der Waals surface area contributed by atoms with E-state index in [1.807, 2.05) is 6.07 Å². The zero-order valence-corrected chi connectivity index (χ0v) is 13.7. The van der Waals surface area contributed by atoms with Crippen LogP contribution in [0.15, 0.2) is 25.7 Å². The van der Waals surface area contributed by atoms with E-state index in [0.29, 0.717) is 29.5 Å². The van der Waals surface area contributed by atoms with Gasteiger partial charge in [0.1, 0.15) is 5.69 Å².